The zero-order valence-corrected chi connectivity index (χ0v) is 19.4. The topological polar surface area (TPSA) is 110 Å². The lowest BCUT2D eigenvalue weighted by atomic mass is 9.87. The lowest BCUT2D eigenvalue weighted by molar-refractivity contribution is 0.00545. The molecule has 1 saturated carbocycles. The summed E-state index contributed by atoms with van der Waals surface area (Å²) < 4.78 is 1.94. The summed E-state index contributed by atoms with van der Waals surface area (Å²) in [6.45, 7) is 2.32. The van der Waals surface area contributed by atoms with E-state index in [0.717, 1.165) is 42.5 Å². The molecular weight excluding hydrogens is 426 g/mol. The molecule has 3 aromatic heterocycles. The first-order valence-electron chi connectivity index (χ1n) is 12.3. The third kappa shape index (κ3) is 3.63. The van der Waals surface area contributed by atoms with Gasteiger partial charge in [-0.15, -0.1) is 0 Å². The van der Waals surface area contributed by atoms with E-state index in [1.165, 1.54) is 35.0 Å². The molecule has 7 heteroatoms. The maximum Gasteiger partial charge on any atom is 0.145 e. The number of benzene rings is 1. The van der Waals surface area contributed by atoms with Gasteiger partial charge >= 0.3 is 0 Å². The highest BCUT2D eigenvalue weighted by Crippen LogP contribution is 2.39. The molecule has 1 aromatic carbocycles. The molecule has 0 amide bonds. The number of anilines is 1. The van der Waals surface area contributed by atoms with Crippen LogP contribution in [0.25, 0.3) is 21.9 Å². The van der Waals surface area contributed by atoms with Crippen molar-refractivity contribution in [1.29, 1.82) is 0 Å². The number of aromatic nitrogens is 4. The number of hydrogen-bond acceptors (Lipinski definition) is 6. The fourth-order valence-electron chi connectivity index (χ4n) is 5.98. The second kappa shape index (κ2) is 8.32. The van der Waals surface area contributed by atoms with Crippen molar-refractivity contribution in [2.24, 2.45) is 11.8 Å². The van der Waals surface area contributed by atoms with Crippen molar-refractivity contribution in [2.45, 2.75) is 63.7 Å². The Morgan fingerprint density at radius 1 is 1.12 bits per heavy atom. The fraction of sp³-hybridized carbons (Fsp3) is 0.444. The first-order valence-corrected chi connectivity index (χ1v) is 12.3. The van der Waals surface area contributed by atoms with E-state index in [-0.39, 0.29) is 12.0 Å². The highest BCUT2D eigenvalue weighted by molar-refractivity contribution is 5.86. The van der Waals surface area contributed by atoms with Gasteiger partial charge in [-0.25, -0.2) is 9.97 Å². The molecule has 4 aromatic rings. The fourth-order valence-corrected chi connectivity index (χ4v) is 5.98. The van der Waals surface area contributed by atoms with Gasteiger partial charge in [-0.2, -0.15) is 0 Å². The number of nitrogen functional groups attached to an aromatic ring is 1. The number of aliphatic hydroxyl groups is 2. The van der Waals surface area contributed by atoms with Gasteiger partial charge in [0.15, 0.2) is 0 Å². The van der Waals surface area contributed by atoms with Gasteiger partial charge in [0.1, 0.15) is 23.9 Å². The van der Waals surface area contributed by atoms with Gasteiger partial charge in [0, 0.05) is 17.3 Å². The quantitative estimate of drug-likeness (QED) is 0.432. The van der Waals surface area contributed by atoms with Crippen molar-refractivity contribution in [3.05, 3.63) is 59.7 Å². The minimum atomic E-state index is -0.844. The Kier molecular flexibility index (Phi) is 5.26. The van der Waals surface area contributed by atoms with Gasteiger partial charge in [0.05, 0.1) is 23.0 Å². The van der Waals surface area contributed by atoms with Gasteiger partial charge in [-0.1, -0.05) is 19.1 Å². The van der Waals surface area contributed by atoms with Crippen LogP contribution in [0.1, 0.15) is 49.0 Å². The zero-order valence-electron chi connectivity index (χ0n) is 19.4. The van der Waals surface area contributed by atoms with E-state index >= 15 is 0 Å². The Hall–Kier alpha value is -3.03. The first kappa shape index (κ1) is 21.5. The summed E-state index contributed by atoms with van der Waals surface area (Å²) in [4.78, 5) is 13.4. The monoisotopic (exact) mass is 457 g/mol. The Morgan fingerprint density at radius 3 is 2.88 bits per heavy atom. The minimum absolute atomic E-state index is 0.00492. The lowest BCUT2D eigenvalue weighted by Gasteiger charge is -2.21. The standard InChI is InChI=1S/C27H31N5O2/c1-15-2-7-21-19(10-15)12-17-5-3-16(11-22(17)31-21)4-6-18-13-23(25(34)24(18)33)32-9-8-20-26(28)29-14-30-27(20)32/h3,5,8-9,11-12,14-15,18,23-25,33-34H,2,4,6-7,10,13H2,1H3,(H2,28,29,30)/t15?,18-,23+,24+,25-/m0/s1. The van der Waals surface area contributed by atoms with Crippen LogP contribution in [-0.2, 0) is 19.3 Å². The molecule has 176 valence electrons. The molecule has 0 spiro atoms. The van der Waals surface area contributed by atoms with E-state index in [4.69, 9.17) is 10.7 Å². The Morgan fingerprint density at radius 2 is 2.00 bits per heavy atom. The summed E-state index contributed by atoms with van der Waals surface area (Å²) in [6, 6.07) is 10.5. The molecule has 5 atom stereocenters. The summed E-state index contributed by atoms with van der Waals surface area (Å²) in [5, 5.41) is 23.6. The highest BCUT2D eigenvalue weighted by Gasteiger charge is 2.42. The zero-order chi connectivity index (χ0) is 23.4. The van der Waals surface area contributed by atoms with Crippen LogP contribution in [0.3, 0.4) is 0 Å². The third-order valence-corrected chi connectivity index (χ3v) is 7.97. The molecule has 3 heterocycles. The van der Waals surface area contributed by atoms with Crippen molar-refractivity contribution < 1.29 is 10.2 Å². The van der Waals surface area contributed by atoms with Crippen LogP contribution in [0, 0.1) is 11.8 Å². The van der Waals surface area contributed by atoms with Crippen molar-refractivity contribution >= 4 is 27.8 Å². The first-order chi connectivity index (χ1) is 16.5. The van der Waals surface area contributed by atoms with Crippen LogP contribution in [0.2, 0.25) is 0 Å². The van der Waals surface area contributed by atoms with Crippen molar-refractivity contribution in [3.8, 4) is 0 Å². The van der Waals surface area contributed by atoms with E-state index < -0.39 is 12.2 Å². The Balaban J connectivity index is 1.19. The number of fused-ring (bicyclic) bond motifs is 3. The van der Waals surface area contributed by atoms with E-state index in [1.807, 2.05) is 16.8 Å². The van der Waals surface area contributed by atoms with Gasteiger partial charge in [0.25, 0.3) is 0 Å². The van der Waals surface area contributed by atoms with Crippen LogP contribution in [-0.4, -0.2) is 41.9 Å². The predicted octanol–water partition coefficient (Wildman–Crippen LogP) is 3.60. The molecule has 2 aliphatic rings. The summed E-state index contributed by atoms with van der Waals surface area (Å²) in [7, 11) is 0. The second-order valence-corrected chi connectivity index (χ2v) is 10.3. The molecule has 0 radical (unpaired) electrons. The number of nitrogens with two attached hydrogens (primary N) is 1. The smallest absolute Gasteiger partial charge is 0.145 e. The SMILES string of the molecule is CC1CCc2nc3cc(CC[C@H]4C[C@@H](n5ccc6c(N)ncnc65)[C@H](O)[C@@H]4O)ccc3cc2C1. The maximum atomic E-state index is 10.8. The second-order valence-electron chi connectivity index (χ2n) is 10.3. The molecule has 7 nitrogen and oxygen atoms in total. The van der Waals surface area contributed by atoms with Crippen LogP contribution in [0.15, 0.2) is 42.9 Å². The molecule has 4 N–H and O–H groups in total. The highest BCUT2D eigenvalue weighted by atomic mass is 16.3. The average Bonchev–Trinajstić information content (AvgIpc) is 3.38. The number of hydrogen-bond donors (Lipinski definition) is 3. The van der Waals surface area contributed by atoms with Crippen LogP contribution in [0.4, 0.5) is 5.82 Å². The van der Waals surface area contributed by atoms with E-state index in [2.05, 4.69) is 41.2 Å². The number of aliphatic hydroxyl groups excluding tert-OH is 2. The largest absolute Gasteiger partial charge is 0.390 e. The van der Waals surface area contributed by atoms with Crippen LogP contribution in [0.5, 0.6) is 0 Å². The van der Waals surface area contributed by atoms with Gasteiger partial charge in [-0.05, 0) is 79.7 Å². The van der Waals surface area contributed by atoms with E-state index in [0.29, 0.717) is 17.9 Å². The molecule has 34 heavy (non-hydrogen) atoms. The number of rotatable bonds is 4. The molecular formula is C27H31N5O2. The van der Waals surface area contributed by atoms with Gasteiger partial charge < -0.3 is 20.5 Å². The van der Waals surface area contributed by atoms with Crippen molar-refractivity contribution in [2.75, 3.05) is 5.73 Å². The van der Waals surface area contributed by atoms with Crippen molar-refractivity contribution in [3.63, 3.8) is 0 Å². The number of pyridine rings is 1. The summed E-state index contributed by atoms with van der Waals surface area (Å²) >= 11 is 0. The number of nitrogens with zero attached hydrogens (tertiary/aromatic N) is 4. The predicted molar refractivity (Wildman–Crippen MR) is 132 cm³/mol. The molecule has 1 unspecified atom stereocenters. The maximum absolute atomic E-state index is 10.8. The number of aryl methyl sites for hydroxylation is 2. The minimum Gasteiger partial charge on any atom is -0.390 e. The molecule has 1 fully saturated rings. The molecule has 6 rings (SSSR count). The molecule has 0 saturated heterocycles. The third-order valence-electron chi connectivity index (χ3n) is 7.97. The van der Waals surface area contributed by atoms with E-state index in [9.17, 15) is 10.2 Å². The summed E-state index contributed by atoms with van der Waals surface area (Å²) in [5.41, 5.74) is 11.6. The summed E-state index contributed by atoms with van der Waals surface area (Å²) in [5.74, 6) is 1.16. The summed E-state index contributed by atoms with van der Waals surface area (Å²) in [6.07, 6.45) is 7.44. The lowest BCUT2D eigenvalue weighted by Crippen LogP contribution is -2.29. The van der Waals surface area contributed by atoms with Gasteiger partial charge in [0.2, 0.25) is 0 Å². The molecule has 0 aliphatic heterocycles. The Labute approximate surface area is 198 Å². The van der Waals surface area contributed by atoms with Gasteiger partial charge in [-0.3, -0.25) is 4.98 Å². The Bertz CT molecular complexity index is 1370. The normalized spacial score (nSPS) is 26.9. The van der Waals surface area contributed by atoms with Crippen molar-refractivity contribution in [1.82, 2.24) is 19.5 Å². The average molecular weight is 458 g/mol. The van der Waals surface area contributed by atoms with E-state index in [1.54, 1.807) is 0 Å². The van der Waals surface area contributed by atoms with Crippen LogP contribution >= 0.6 is 0 Å². The molecule has 0 bridgehead atoms. The molecule has 2 aliphatic carbocycles. The van der Waals surface area contributed by atoms with Crippen LogP contribution < -0.4 is 5.73 Å².